The molecule has 3 nitrogen and oxygen atoms in total. The molecule has 0 atom stereocenters. The molecule has 21 heavy (non-hydrogen) atoms. The van der Waals surface area contributed by atoms with Crippen LogP contribution in [0.1, 0.15) is 38.5 Å². The van der Waals surface area contributed by atoms with Crippen molar-refractivity contribution in [1.29, 1.82) is 0 Å². The minimum Gasteiger partial charge on any atom is -0.493 e. The first kappa shape index (κ1) is 16.7. The molecule has 118 valence electrons. The molecule has 5 heteroatoms. The lowest BCUT2D eigenvalue weighted by molar-refractivity contribution is 0.148. The maximum atomic E-state index is 11.6. The summed E-state index contributed by atoms with van der Waals surface area (Å²) in [5, 5.41) is 0. The van der Waals surface area contributed by atoms with Crippen LogP contribution in [0.5, 0.6) is 5.75 Å². The van der Waals surface area contributed by atoms with Crippen molar-refractivity contribution in [1.82, 2.24) is 0 Å². The molecule has 0 N–H and O–H groups in total. The molecule has 1 saturated carbocycles. The summed E-state index contributed by atoms with van der Waals surface area (Å²) in [5.74, 6) is 1.45. The summed E-state index contributed by atoms with van der Waals surface area (Å²) in [6.45, 7) is 0.615. The molecule has 0 amide bonds. The van der Waals surface area contributed by atoms with Gasteiger partial charge in [0.05, 0.1) is 11.5 Å². The monoisotopic (exact) mass is 328 g/mol. The standard InChI is InChI=1S/C16H24O3S2/c1-21(17,18)15-8-6-7-14(11-15)19-12-16(13-20)9-4-2-3-5-10-16/h6-8,11,20H,2-5,9-10,12-13H2,1H3. The molecule has 1 aliphatic carbocycles. The third-order valence-corrected chi connectivity index (χ3v) is 6.06. The van der Waals surface area contributed by atoms with Crippen LogP contribution >= 0.6 is 12.6 Å². The van der Waals surface area contributed by atoms with E-state index in [1.165, 1.54) is 31.9 Å². The predicted octanol–water partition coefficient (Wildman–Crippen LogP) is 3.74. The molecular weight excluding hydrogens is 304 g/mol. The van der Waals surface area contributed by atoms with Gasteiger partial charge in [-0.1, -0.05) is 31.7 Å². The summed E-state index contributed by atoms with van der Waals surface area (Å²) in [5.41, 5.74) is 0.126. The van der Waals surface area contributed by atoms with E-state index in [4.69, 9.17) is 4.74 Å². The fraction of sp³-hybridized carbons (Fsp3) is 0.625. The van der Waals surface area contributed by atoms with E-state index in [-0.39, 0.29) is 5.41 Å². The summed E-state index contributed by atoms with van der Waals surface area (Å²) < 4.78 is 29.1. The summed E-state index contributed by atoms with van der Waals surface area (Å²) in [4.78, 5) is 0.306. The van der Waals surface area contributed by atoms with Crippen LogP contribution in [0.25, 0.3) is 0 Å². The number of rotatable bonds is 5. The van der Waals surface area contributed by atoms with Gasteiger partial charge in [-0.05, 0) is 36.8 Å². The van der Waals surface area contributed by atoms with Gasteiger partial charge in [0.1, 0.15) is 5.75 Å². The van der Waals surface area contributed by atoms with Crippen molar-refractivity contribution in [3.8, 4) is 5.75 Å². The Balaban J connectivity index is 2.07. The minimum absolute atomic E-state index is 0.126. The van der Waals surface area contributed by atoms with Crippen LogP contribution < -0.4 is 4.74 Å². The van der Waals surface area contributed by atoms with Crippen molar-refractivity contribution < 1.29 is 13.2 Å². The molecule has 2 rings (SSSR count). The largest absolute Gasteiger partial charge is 0.493 e. The lowest BCUT2D eigenvalue weighted by Gasteiger charge is -2.31. The van der Waals surface area contributed by atoms with Crippen molar-refractivity contribution in [2.75, 3.05) is 18.6 Å². The predicted molar refractivity (Wildman–Crippen MR) is 89.0 cm³/mol. The van der Waals surface area contributed by atoms with Gasteiger partial charge in [0, 0.05) is 11.7 Å². The number of hydrogen-bond donors (Lipinski definition) is 1. The maximum Gasteiger partial charge on any atom is 0.175 e. The average Bonchev–Trinajstić information content (AvgIpc) is 2.71. The van der Waals surface area contributed by atoms with E-state index in [1.54, 1.807) is 18.2 Å². The van der Waals surface area contributed by atoms with E-state index in [0.717, 1.165) is 18.6 Å². The summed E-state index contributed by atoms with van der Waals surface area (Å²) in [7, 11) is -3.19. The smallest absolute Gasteiger partial charge is 0.175 e. The highest BCUT2D eigenvalue weighted by Gasteiger charge is 2.30. The van der Waals surface area contributed by atoms with Crippen LogP contribution in [0.2, 0.25) is 0 Å². The second kappa shape index (κ2) is 7.05. The third-order valence-electron chi connectivity index (χ3n) is 4.28. The van der Waals surface area contributed by atoms with Gasteiger partial charge in [-0.3, -0.25) is 0 Å². The molecule has 0 saturated heterocycles. The van der Waals surface area contributed by atoms with E-state index in [1.807, 2.05) is 6.07 Å². The Hall–Kier alpha value is -0.680. The molecule has 0 bridgehead atoms. The Morgan fingerprint density at radius 3 is 2.43 bits per heavy atom. The van der Waals surface area contributed by atoms with Crippen LogP contribution in [-0.2, 0) is 9.84 Å². The Labute approximate surface area is 133 Å². The van der Waals surface area contributed by atoms with Gasteiger partial charge in [-0.15, -0.1) is 0 Å². The molecule has 1 fully saturated rings. The second-order valence-corrected chi connectivity index (χ2v) is 8.44. The Bertz CT molecular complexity index is 559. The number of hydrogen-bond acceptors (Lipinski definition) is 4. The average molecular weight is 328 g/mol. The molecule has 0 spiro atoms. The zero-order chi connectivity index (χ0) is 15.3. The van der Waals surface area contributed by atoms with Crippen LogP contribution in [0.15, 0.2) is 29.2 Å². The zero-order valence-corrected chi connectivity index (χ0v) is 14.3. The van der Waals surface area contributed by atoms with E-state index in [2.05, 4.69) is 12.6 Å². The third kappa shape index (κ3) is 4.65. The van der Waals surface area contributed by atoms with Crippen molar-refractivity contribution in [2.45, 2.75) is 43.4 Å². The Morgan fingerprint density at radius 2 is 1.86 bits per heavy atom. The highest BCUT2D eigenvalue weighted by atomic mass is 32.2. The molecule has 0 heterocycles. The Kier molecular flexibility index (Phi) is 5.60. The van der Waals surface area contributed by atoms with Crippen molar-refractivity contribution in [3.05, 3.63) is 24.3 Å². The number of thiol groups is 1. The molecule has 0 radical (unpaired) electrons. The van der Waals surface area contributed by atoms with Gasteiger partial charge < -0.3 is 4.74 Å². The van der Waals surface area contributed by atoms with Crippen LogP contribution in [0.4, 0.5) is 0 Å². The lowest BCUT2D eigenvalue weighted by atomic mass is 9.83. The summed E-state index contributed by atoms with van der Waals surface area (Å²) in [6, 6.07) is 6.75. The van der Waals surface area contributed by atoms with E-state index < -0.39 is 9.84 Å². The number of benzene rings is 1. The van der Waals surface area contributed by atoms with Crippen LogP contribution in [0.3, 0.4) is 0 Å². The lowest BCUT2D eigenvalue weighted by Crippen LogP contribution is -2.30. The topological polar surface area (TPSA) is 43.4 Å². The first-order valence-corrected chi connectivity index (χ1v) is 10.0. The molecular formula is C16H24O3S2. The van der Waals surface area contributed by atoms with Gasteiger partial charge in [0.2, 0.25) is 0 Å². The normalized spacial score (nSPS) is 19.0. The summed E-state index contributed by atoms with van der Waals surface area (Å²) >= 11 is 4.53. The first-order valence-electron chi connectivity index (χ1n) is 7.49. The molecule has 0 unspecified atom stereocenters. The molecule has 0 aromatic heterocycles. The molecule has 0 aliphatic heterocycles. The van der Waals surface area contributed by atoms with E-state index in [0.29, 0.717) is 17.3 Å². The van der Waals surface area contributed by atoms with Gasteiger partial charge in [0.25, 0.3) is 0 Å². The van der Waals surface area contributed by atoms with Crippen molar-refractivity contribution in [2.24, 2.45) is 5.41 Å². The minimum atomic E-state index is -3.19. The van der Waals surface area contributed by atoms with Crippen LogP contribution in [-0.4, -0.2) is 27.0 Å². The SMILES string of the molecule is CS(=O)(=O)c1cccc(OCC2(CS)CCCCCC2)c1. The fourth-order valence-electron chi connectivity index (χ4n) is 2.86. The second-order valence-electron chi connectivity index (χ2n) is 6.11. The van der Waals surface area contributed by atoms with E-state index in [9.17, 15) is 8.42 Å². The van der Waals surface area contributed by atoms with Gasteiger partial charge >= 0.3 is 0 Å². The van der Waals surface area contributed by atoms with Gasteiger partial charge in [0.15, 0.2) is 9.84 Å². The number of ether oxygens (including phenoxy) is 1. The van der Waals surface area contributed by atoms with Crippen LogP contribution in [0, 0.1) is 5.41 Å². The summed E-state index contributed by atoms with van der Waals surface area (Å²) in [6.07, 6.45) is 8.54. The quantitative estimate of drug-likeness (QED) is 0.661. The molecule has 1 aromatic carbocycles. The van der Waals surface area contributed by atoms with Crippen molar-refractivity contribution >= 4 is 22.5 Å². The van der Waals surface area contributed by atoms with Crippen molar-refractivity contribution in [3.63, 3.8) is 0 Å². The fourth-order valence-corrected chi connectivity index (χ4v) is 3.92. The number of sulfone groups is 1. The zero-order valence-electron chi connectivity index (χ0n) is 12.5. The molecule has 1 aliphatic rings. The van der Waals surface area contributed by atoms with E-state index >= 15 is 0 Å². The first-order chi connectivity index (χ1) is 9.95. The van der Waals surface area contributed by atoms with Gasteiger partial charge in [-0.25, -0.2) is 8.42 Å². The maximum absolute atomic E-state index is 11.6. The van der Waals surface area contributed by atoms with Gasteiger partial charge in [-0.2, -0.15) is 12.6 Å². The highest BCUT2D eigenvalue weighted by molar-refractivity contribution is 7.90. The Morgan fingerprint density at radius 1 is 1.19 bits per heavy atom. The molecule has 1 aromatic rings. The highest BCUT2D eigenvalue weighted by Crippen LogP contribution is 2.36.